The van der Waals surface area contributed by atoms with Gasteiger partial charge in [0.2, 0.25) is 0 Å². The summed E-state index contributed by atoms with van der Waals surface area (Å²) in [6.07, 6.45) is 4.28. The van der Waals surface area contributed by atoms with Gasteiger partial charge in [-0.1, -0.05) is 20.3 Å². The van der Waals surface area contributed by atoms with Gasteiger partial charge in [-0.25, -0.2) is 0 Å². The van der Waals surface area contributed by atoms with Crippen LogP contribution >= 0.6 is 0 Å². The lowest BCUT2D eigenvalue weighted by Crippen LogP contribution is -2.41. The van der Waals surface area contributed by atoms with Crippen LogP contribution in [-0.4, -0.2) is 12.1 Å². The zero-order valence-electron chi connectivity index (χ0n) is 10.6. The Morgan fingerprint density at radius 2 is 1.79 bits per heavy atom. The first-order valence-electron chi connectivity index (χ1n) is 6.13. The third-order valence-electron chi connectivity index (χ3n) is 3.50. The summed E-state index contributed by atoms with van der Waals surface area (Å²) in [7, 11) is 0. The minimum Gasteiger partial charge on any atom is -0.312 e. The molecule has 1 nitrogen and oxygen atoms in total. The molecule has 1 fully saturated rings. The number of hydrogen-bond donors (Lipinski definition) is 1. The molecule has 0 amide bonds. The van der Waals surface area contributed by atoms with Gasteiger partial charge >= 0.3 is 0 Å². The Bertz CT molecular complexity index is 169. The first-order chi connectivity index (χ1) is 6.38. The second kappa shape index (κ2) is 4.65. The van der Waals surface area contributed by atoms with E-state index in [1.807, 2.05) is 0 Å². The minimum absolute atomic E-state index is 0.281. The lowest BCUT2D eigenvalue weighted by molar-refractivity contribution is 0.189. The van der Waals surface area contributed by atoms with Crippen LogP contribution in [0.25, 0.3) is 0 Å². The fourth-order valence-corrected chi connectivity index (χ4v) is 2.47. The zero-order chi connectivity index (χ0) is 10.8. The highest BCUT2D eigenvalue weighted by molar-refractivity contribution is 4.80. The molecule has 1 N–H and O–H groups in total. The van der Waals surface area contributed by atoms with Crippen molar-refractivity contribution in [1.82, 2.24) is 5.32 Å². The predicted octanol–water partition coefficient (Wildman–Crippen LogP) is 3.45. The van der Waals surface area contributed by atoms with Crippen LogP contribution in [0.3, 0.4) is 0 Å². The second-order valence-electron chi connectivity index (χ2n) is 6.29. The molecule has 3 unspecified atom stereocenters. The van der Waals surface area contributed by atoms with E-state index < -0.39 is 0 Å². The third kappa shape index (κ3) is 4.00. The van der Waals surface area contributed by atoms with Crippen molar-refractivity contribution in [2.24, 2.45) is 17.8 Å². The smallest absolute Gasteiger partial charge is 0.00966 e. The van der Waals surface area contributed by atoms with Gasteiger partial charge in [-0.15, -0.1) is 0 Å². The van der Waals surface area contributed by atoms with Gasteiger partial charge in [-0.3, -0.25) is 0 Å². The highest BCUT2D eigenvalue weighted by Crippen LogP contribution is 2.33. The highest BCUT2D eigenvalue weighted by Gasteiger charge is 2.25. The molecular formula is C13H27N. The average molecular weight is 197 g/mol. The van der Waals surface area contributed by atoms with Gasteiger partial charge in [-0.2, -0.15) is 0 Å². The predicted molar refractivity (Wildman–Crippen MR) is 63.4 cm³/mol. The van der Waals surface area contributed by atoms with Crippen molar-refractivity contribution in [2.75, 3.05) is 6.54 Å². The third-order valence-corrected chi connectivity index (χ3v) is 3.50. The summed E-state index contributed by atoms with van der Waals surface area (Å²) in [5.74, 6) is 2.77. The van der Waals surface area contributed by atoms with E-state index in [-0.39, 0.29) is 5.54 Å². The lowest BCUT2D eigenvalue weighted by Gasteiger charge is -2.34. The van der Waals surface area contributed by atoms with Crippen LogP contribution in [0.1, 0.15) is 53.9 Å². The van der Waals surface area contributed by atoms with Crippen molar-refractivity contribution in [3.63, 3.8) is 0 Å². The molecule has 0 aromatic rings. The quantitative estimate of drug-likeness (QED) is 0.715. The van der Waals surface area contributed by atoms with Crippen LogP contribution in [0, 0.1) is 17.8 Å². The van der Waals surface area contributed by atoms with Crippen LogP contribution < -0.4 is 5.32 Å². The van der Waals surface area contributed by atoms with E-state index in [9.17, 15) is 0 Å². The normalized spacial score (nSPS) is 34.5. The molecule has 14 heavy (non-hydrogen) atoms. The molecular weight excluding hydrogens is 170 g/mol. The summed E-state index contributed by atoms with van der Waals surface area (Å²) in [4.78, 5) is 0. The lowest BCUT2D eigenvalue weighted by atomic mass is 9.75. The van der Waals surface area contributed by atoms with Gasteiger partial charge in [0.1, 0.15) is 0 Å². The van der Waals surface area contributed by atoms with Gasteiger partial charge in [0.15, 0.2) is 0 Å². The fraction of sp³-hybridized carbons (Fsp3) is 1.00. The molecule has 1 saturated carbocycles. The van der Waals surface area contributed by atoms with Crippen molar-refractivity contribution < 1.29 is 0 Å². The molecule has 0 saturated heterocycles. The molecule has 0 heterocycles. The molecule has 84 valence electrons. The summed E-state index contributed by atoms with van der Waals surface area (Å²) >= 11 is 0. The molecule has 0 radical (unpaired) electrons. The number of nitrogens with one attached hydrogen (secondary N) is 1. The Kier molecular flexibility index (Phi) is 4.00. The van der Waals surface area contributed by atoms with Gasteiger partial charge in [-0.05, 0) is 57.9 Å². The molecule has 1 aliphatic carbocycles. The minimum atomic E-state index is 0.281. The van der Waals surface area contributed by atoms with Crippen LogP contribution in [0.2, 0.25) is 0 Å². The average Bonchev–Trinajstić information content (AvgIpc) is 2.00. The molecule has 3 atom stereocenters. The molecule has 0 aromatic heterocycles. The van der Waals surface area contributed by atoms with Crippen LogP contribution in [0.5, 0.6) is 0 Å². The zero-order valence-corrected chi connectivity index (χ0v) is 10.6. The Balaban J connectivity index is 2.31. The first kappa shape index (κ1) is 12.0. The molecule has 0 aliphatic heterocycles. The summed E-state index contributed by atoms with van der Waals surface area (Å²) in [5.41, 5.74) is 0.281. The van der Waals surface area contributed by atoms with Gasteiger partial charge in [0.05, 0.1) is 0 Å². The maximum atomic E-state index is 3.64. The topological polar surface area (TPSA) is 12.0 Å². The molecule has 1 rings (SSSR count). The maximum absolute atomic E-state index is 3.64. The van der Waals surface area contributed by atoms with Crippen LogP contribution in [0.4, 0.5) is 0 Å². The molecule has 1 heteroatoms. The second-order valence-corrected chi connectivity index (χ2v) is 6.29. The van der Waals surface area contributed by atoms with E-state index in [0.29, 0.717) is 0 Å². The Hall–Kier alpha value is -0.0400. The monoisotopic (exact) mass is 197 g/mol. The van der Waals surface area contributed by atoms with E-state index in [0.717, 1.165) is 17.8 Å². The van der Waals surface area contributed by atoms with E-state index in [4.69, 9.17) is 0 Å². The standard InChI is InChI=1S/C13H27N/c1-10-6-7-12(11(2)8-10)9-14-13(3,4)5/h10-12,14H,6-9H2,1-5H3. The molecule has 1 aliphatic rings. The summed E-state index contributed by atoms with van der Waals surface area (Å²) < 4.78 is 0. The van der Waals surface area contributed by atoms with Crippen LogP contribution in [-0.2, 0) is 0 Å². The van der Waals surface area contributed by atoms with E-state index >= 15 is 0 Å². The number of hydrogen-bond acceptors (Lipinski definition) is 1. The van der Waals surface area contributed by atoms with Gasteiger partial charge in [0.25, 0.3) is 0 Å². The SMILES string of the molecule is CC1CCC(CNC(C)(C)C)C(C)C1. The molecule has 0 spiro atoms. The summed E-state index contributed by atoms with van der Waals surface area (Å²) in [5, 5.41) is 3.64. The Labute approximate surface area is 89.7 Å². The molecule has 0 bridgehead atoms. The van der Waals surface area contributed by atoms with Crippen molar-refractivity contribution in [2.45, 2.75) is 59.4 Å². The van der Waals surface area contributed by atoms with Crippen LogP contribution in [0.15, 0.2) is 0 Å². The van der Waals surface area contributed by atoms with Crippen molar-refractivity contribution in [3.05, 3.63) is 0 Å². The maximum Gasteiger partial charge on any atom is 0.00966 e. The summed E-state index contributed by atoms with van der Waals surface area (Å²) in [6.45, 7) is 12.8. The largest absolute Gasteiger partial charge is 0.312 e. The van der Waals surface area contributed by atoms with Crippen molar-refractivity contribution >= 4 is 0 Å². The number of rotatable bonds is 2. The first-order valence-corrected chi connectivity index (χ1v) is 6.13. The Morgan fingerprint density at radius 3 is 2.29 bits per heavy atom. The van der Waals surface area contributed by atoms with Gasteiger partial charge in [0, 0.05) is 5.54 Å². The van der Waals surface area contributed by atoms with E-state index in [1.54, 1.807) is 0 Å². The van der Waals surface area contributed by atoms with E-state index in [2.05, 4.69) is 39.9 Å². The fourth-order valence-electron chi connectivity index (χ4n) is 2.47. The Morgan fingerprint density at radius 1 is 1.14 bits per heavy atom. The highest BCUT2D eigenvalue weighted by atomic mass is 14.9. The van der Waals surface area contributed by atoms with E-state index in [1.165, 1.54) is 25.8 Å². The molecule has 0 aromatic carbocycles. The van der Waals surface area contributed by atoms with Crippen molar-refractivity contribution in [3.8, 4) is 0 Å². The van der Waals surface area contributed by atoms with Crippen molar-refractivity contribution in [1.29, 1.82) is 0 Å². The van der Waals surface area contributed by atoms with Gasteiger partial charge < -0.3 is 5.32 Å². The summed E-state index contributed by atoms with van der Waals surface area (Å²) in [6, 6.07) is 0.